The van der Waals surface area contributed by atoms with Gasteiger partial charge in [0.2, 0.25) is 6.41 Å². The zero-order chi connectivity index (χ0) is 11.0. The Morgan fingerprint density at radius 1 is 1.21 bits per heavy atom. The highest BCUT2D eigenvalue weighted by molar-refractivity contribution is 5.55. The van der Waals surface area contributed by atoms with Gasteiger partial charge in [0.1, 0.15) is 0 Å². The molecule has 0 fully saturated rings. The van der Waals surface area contributed by atoms with Gasteiger partial charge in [-0.05, 0) is 27.7 Å². The summed E-state index contributed by atoms with van der Waals surface area (Å²) < 4.78 is 10.9. The fourth-order valence-electron chi connectivity index (χ4n) is 1.07. The van der Waals surface area contributed by atoms with Crippen molar-refractivity contribution in [1.29, 1.82) is 0 Å². The molecule has 0 radical (unpaired) electrons. The van der Waals surface area contributed by atoms with Crippen LogP contribution in [0.3, 0.4) is 0 Å². The van der Waals surface area contributed by atoms with Crippen molar-refractivity contribution in [3.05, 3.63) is 0 Å². The number of rotatable bonds is 7. The van der Waals surface area contributed by atoms with E-state index in [1.807, 2.05) is 18.7 Å². The lowest BCUT2D eigenvalue weighted by Gasteiger charge is -2.31. The first-order valence-corrected chi connectivity index (χ1v) is 5.10. The van der Waals surface area contributed by atoms with Gasteiger partial charge in [0.15, 0.2) is 0 Å². The van der Waals surface area contributed by atoms with E-state index < -0.39 is 0 Å². The highest BCUT2D eigenvalue weighted by Gasteiger charge is 2.18. The summed E-state index contributed by atoms with van der Waals surface area (Å²) in [6.45, 7) is 9.32. The van der Waals surface area contributed by atoms with Crippen LogP contribution in [0.25, 0.3) is 0 Å². The normalized spacial score (nSPS) is 11.9. The molecule has 0 saturated carbocycles. The Morgan fingerprint density at radius 2 is 1.71 bits per heavy atom. The minimum Gasteiger partial charge on any atom is -0.335 e. The molecular formula is C10H22N2O2. The molecule has 84 valence electrons. The highest BCUT2D eigenvalue weighted by Crippen LogP contribution is 2.06. The van der Waals surface area contributed by atoms with Crippen molar-refractivity contribution in [3.8, 4) is 0 Å². The van der Waals surface area contributed by atoms with Crippen LogP contribution in [0, 0.1) is 0 Å². The molecule has 0 N–H and O–H groups in total. The number of ether oxygens (including phenoxy) is 2. The fourth-order valence-corrected chi connectivity index (χ4v) is 1.07. The second-order valence-corrected chi connectivity index (χ2v) is 3.13. The SMILES string of the molecule is CCOC(OCC)N(/C=N\C)C(C)C. The van der Waals surface area contributed by atoms with Gasteiger partial charge in [-0.2, -0.15) is 0 Å². The Morgan fingerprint density at radius 3 is 2.00 bits per heavy atom. The molecule has 0 aliphatic rings. The van der Waals surface area contributed by atoms with E-state index in [4.69, 9.17) is 9.47 Å². The first-order chi connectivity index (χ1) is 6.67. The standard InChI is InChI=1S/C10H22N2O2/c1-6-13-10(14-7-2)12(8-11-5)9(3)4/h8-10H,6-7H2,1-5H3/b11-8-. The maximum absolute atomic E-state index is 5.47. The first-order valence-electron chi connectivity index (χ1n) is 5.10. The molecule has 0 rings (SSSR count). The Bertz CT molecular complexity index is 154. The van der Waals surface area contributed by atoms with Crippen LogP contribution in [0.2, 0.25) is 0 Å². The second kappa shape index (κ2) is 7.76. The summed E-state index contributed by atoms with van der Waals surface area (Å²) in [7, 11) is 1.74. The maximum Gasteiger partial charge on any atom is 0.241 e. The molecule has 0 unspecified atom stereocenters. The van der Waals surface area contributed by atoms with E-state index in [0.717, 1.165) is 0 Å². The summed E-state index contributed by atoms with van der Waals surface area (Å²) in [5.74, 6) is 0. The summed E-state index contributed by atoms with van der Waals surface area (Å²) in [6, 6.07) is 0.307. The van der Waals surface area contributed by atoms with Crippen LogP contribution in [-0.4, -0.2) is 44.0 Å². The number of hydrogen-bond acceptors (Lipinski definition) is 3. The third-order valence-corrected chi connectivity index (χ3v) is 1.71. The van der Waals surface area contributed by atoms with E-state index in [2.05, 4.69) is 18.8 Å². The first kappa shape index (κ1) is 13.4. The number of hydrogen-bond donors (Lipinski definition) is 0. The van der Waals surface area contributed by atoms with Gasteiger partial charge in [-0.15, -0.1) is 0 Å². The third-order valence-electron chi connectivity index (χ3n) is 1.71. The topological polar surface area (TPSA) is 34.1 Å². The molecule has 0 heterocycles. The molecule has 0 spiro atoms. The smallest absolute Gasteiger partial charge is 0.241 e. The number of nitrogens with zero attached hydrogens (tertiary/aromatic N) is 2. The van der Waals surface area contributed by atoms with Crippen molar-refractivity contribution in [1.82, 2.24) is 4.90 Å². The molecule has 0 atom stereocenters. The lowest BCUT2D eigenvalue weighted by molar-refractivity contribution is -0.203. The lowest BCUT2D eigenvalue weighted by Crippen LogP contribution is -2.43. The molecule has 4 nitrogen and oxygen atoms in total. The van der Waals surface area contributed by atoms with Gasteiger partial charge in [-0.25, -0.2) is 0 Å². The van der Waals surface area contributed by atoms with Crippen molar-refractivity contribution in [2.24, 2.45) is 4.99 Å². The quantitative estimate of drug-likeness (QED) is 0.358. The van der Waals surface area contributed by atoms with Crippen molar-refractivity contribution in [2.45, 2.75) is 40.2 Å². The van der Waals surface area contributed by atoms with Crippen LogP contribution in [0.15, 0.2) is 4.99 Å². The molecule has 0 aliphatic carbocycles. The summed E-state index contributed by atoms with van der Waals surface area (Å²) >= 11 is 0. The van der Waals surface area contributed by atoms with E-state index in [1.54, 1.807) is 13.4 Å². The Kier molecular flexibility index (Phi) is 7.42. The van der Waals surface area contributed by atoms with Crippen LogP contribution in [0.1, 0.15) is 27.7 Å². The summed E-state index contributed by atoms with van der Waals surface area (Å²) in [5, 5.41) is 0. The molecule has 0 aromatic carbocycles. The zero-order valence-corrected chi connectivity index (χ0v) is 9.86. The summed E-state index contributed by atoms with van der Waals surface area (Å²) in [5.41, 5.74) is 0. The van der Waals surface area contributed by atoms with Gasteiger partial charge in [-0.3, -0.25) is 4.99 Å². The van der Waals surface area contributed by atoms with Gasteiger partial charge >= 0.3 is 0 Å². The maximum atomic E-state index is 5.47. The van der Waals surface area contributed by atoms with Crippen molar-refractivity contribution in [2.75, 3.05) is 20.3 Å². The largest absolute Gasteiger partial charge is 0.335 e. The van der Waals surface area contributed by atoms with Gasteiger partial charge in [0.05, 0.1) is 6.34 Å². The predicted octanol–water partition coefficient (Wildman–Crippen LogP) is 1.71. The van der Waals surface area contributed by atoms with Crippen LogP contribution >= 0.6 is 0 Å². The van der Waals surface area contributed by atoms with Crippen LogP contribution in [0.4, 0.5) is 0 Å². The van der Waals surface area contributed by atoms with E-state index in [9.17, 15) is 0 Å². The molecule has 0 aliphatic heterocycles. The monoisotopic (exact) mass is 202 g/mol. The summed E-state index contributed by atoms with van der Waals surface area (Å²) in [4.78, 5) is 5.93. The molecular weight excluding hydrogens is 180 g/mol. The molecule has 0 bridgehead atoms. The lowest BCUT2D eigenvalue weighted by atomic mass is 10.4. The zero-order valence-electron chi connectivity index (χ0n) is 9.86. The van der Waals surface area contributed by atoms with Crippen LogP contribution < -0.4 is 0 Å². The molecule has 0 aromatic heterocycles. The molecule has 4 heteroatoms. The molecule has 14 heavy (non-hydrogen) atoms. The van der Waals surface area contributed by atoms with Gasteiger partial charge in [-0.1, -0.05) is 0 Å². The fraction of sp³-hybridized carbons (Fsp3) is 0.900. The van der Waals surface area contributed by atoms with Crippen molar-refractivity contribution < 1.29 is 9.47 Å². The van der Waals surface area contributed by atoms with E-state index in [-0.39, 0.29) is 6.41 Å². The van der Waals surface area contributed by atoms with Gasteiger partial charge < -0.3 is 14.4 Å². The predicted molar refractivity (Wildman–Crippen MR) is 58.4 cm³/mol. The number of aliphatic imine (C=N–C) groups is 1. The summed E-state index contributed by atoms with van der Waals surface area (Å²) in [6.07, 6.45) is 1.43. The van der Waals surface area contributed by atoms with Crippen LogP contribution in [-0.2, 0) is 9.47 Å². The van der Waals surface area contributed by atoms with Crippen LogP contribution in [0.5, 0.6) is 0 Å². The van der Waals surface area contributed by atoms with Gasteiger partial charge in [0, 0.05) is 26.3 Å². The van der Waals surface area contributed by atoms with Gasteiger partial charge in [0.25, 0.3) is 0 Å². The average Bonchev–Trinajstić information content (AvgIpc) is 2.13. The van der Waals surface area contributed by atoms with Crippen molar-refractivity contribution in [3.63, 3.8) is 0 Å². The van der Waals surface area contributed by atoms with E-state index >= 15 is 0 Å². The molecule has 0 aromatic rings. The van der Waals surface area contributed by atoms with E-state index in [1.165, 1.54) is 0 Å². The average molecular weight is 202 g/mol. The molecule has 0 amide bonds. The second-order valence-electron chi connectivity index (χ2n) is 3.13. The minimum absolute atomic E-state index is 0.307. The Hall–Kier alpha value is -0.610. The van der Waals surface area contributed by atoms with E-state index in [0.29, 0.717) is 19.3 Å². The Balaban J connectivity index is 4.37. The third kappa shape index (κ3) is 4.58. The Labute approximate surface area is 86.9 Å². The van der Waals surface area contributed by atoms with Crippen molar-refractivity contribution >= 4 is 6.34 Å². The highest BCUT2D eigenvalue weighted by atomic mass is 16.7. The minimum atomic E-state index is -0.325. The molecule has 0 saturated heterocycles.